The van der Waals surface area contributed by atoms with E-state index in [4.69, 9.17) is 5.73 Å². The van der Waals surface area contributed by atoms with Crippen molar-refractivity contribution in [1.82, 2.24) is 0 Å². The monoisotopic (exact) mass is 255 g/mol. The molecule has 0 aromatic rings. The minimum absolute atomic E-state index is 0.135. The fourth-order valence-electron chi connectivity index (χ4n) is 3.61. The standard InChI is InChI=1S/C16H33NO/c1-3-8-15(12-17)14-9-6-4-5-7-10-16(2,11-14)13-18/h14-15,18H,3-13,17H2,1-2H3. The molecule has 1 aliphatic carbocycles. The zero-order chi connectivity index (χ0) is 13.4. The molecule has 0 saturated heterocycles. The van der Waals surface area contributed by atoms with E-state index in [0.29, 0.717) is 12.5 Å². The van der Waals surface area contributed by atoms with Gasteiger partial charge in [-0.05, 0) is 43.1 Å². The van der Waals surface area contributed by atoms with Crippen molar-refractivity contribution in [3.63, 3.8) is 0 Å². The van der Waals surface area contributed by atoms with E-state index in [2.05, 4.69) is 13.8 Å². The molecule has 0 heterocycles. The summed E-state index contributed by atoms with van der Waals surface area (Å²) >= 11 is 0. The van der Waals surface area contributed by atoms with E-state index in [1.165, 1.54) is 57.8 Å². The maximum Gasteiger partial charge on any atom is 0.0484 e. The second-order valence-corrected chi connectivity index (χ2v) is 6.67. The van der Waals surface area contributed by atoms with E-state index in [9.17, 15) is 5.11 Å². The van der Waals surface area contributed by atoms with Gasteiger partial charge >= 0.3 is 0 Å². The Kier molecular flexibility index (Phi) is 7.25. The van der Waals surface area contributed by atoms with Crippen molar-refractivity contribution in [2.24, 2.45) is 23.0 Å². The van der Waals surface area contributed by atoms with E-state index in [1.807, 2.05) is 0 Å². The lowest BCUT2D eigenvalue weighted by Gasteiger charge is -2.35. The third kappa shape index (κ3) is 4.89. The highest BCUT2D eigenvalue weighted by molar-refractivity contribution is 4.82. The van der Waals surface area contributed by atoms with Gasteiger partial charge in [0.1, 0.15) is 0 Å². The quantitative estimate of drug-likeness (QED) is 0.786. The van der Waals surface area contributed by atoms with Crippen LogP contribution in [0, 0.1) is 17.3 Å². The summed E-state index contributed by atoms with van der Waals surface area (Å²) < 4.78 is 0. The Morgan fingerprint density at radius 2 is 2.00 bits per heavy atom. The molecule has 3 N–H and O–H groups in total. The van der Waals surface area contributed by atoms with E-state index < -0.39 is 0 Å². The van der Waals surface area contributed by atoms with Gasteiger partial charge in [-0.15, -0.1) is 0 Å². The summed E-state index contributed by atoms with van der Waals surface area (Å²) in [6.07, 6.45) is 11.5. The summed E-state index contributed by atoms with van der Waals surface area (Å²) in [6.45, 7) is 5.68. The highest BCUT2D eigenvalue weighted by Crippen LogP contribution is 2.39. The first-order valence-electron chi connectivity index (χ1n) is 7.96. The molecule has 0 spiro atoms. The average molecular weight is 255 g/mol. The molecule has 0 bridgehead atoms. The normalized spacial score (nSPS) is 32.3. The van der Waals surface area contributed by atoms with Crippen LogP contribution >= 0.6 is 0 Å². The van der Waals surface area contributed by atoms with Crippen LogP contribution in [0.1, 0.15) is 71.6 Å². The van der Waals surface area contributed by atoms with Gasteiger partial charge < -0.3 is 10.8 Å². The van der Waals surface area contributed by atoms with E-state index >= 15 is 0 Å². The number of aliphatic hydroxyl groups excluding tert-OH is 1. The topological polar surface area (TPSA) is 46.2 Å². The highest BCUT2D eigenvalue weighted by atomic mass is 16.3. The van der Waals surface area contributed by atoms with Crippen molar-refractivity contribution >= 4 is 0 Å². The first kappa shape index (κ1) is 16.0. The molecule has 3 unspecified atom stereocenters. The van der Waals surface area contributed by atoms with Gasteiger partial charge in [0, 0.05) is 6.61 Å². The maximum absolute atomic E-state index is 9.73. The zero-order valence-electron chi connectivity index (χ0n) is 12.5. The molecule has 0 amide bonds. The minimum Gasteiger partial charge on any atom is -0.396 e. The Labute approximate surface area is 113 Å². The summed E-state index contributed by atoms with van der Waals surface area (Å²) in [5.74, 6) is 1.39. The van der Waals surface area contributed by atoms with Crippen LogP contribution in [0.5, 0.6) is 0 Å². The predicted molar refractivity (Wildman–Crippen MR) is 78.5 cm³/mol. The summed E-state index contributed by atoms with van der Waals surface area (Å²) in [4.78, 5) is 0. The molecule has 3 atom stereocenters. The predicted octanol–water partition coefficient (Wildman–Crippen LogP) is 3.72. The molecule has 108 valence electrons. The van der Waals surface area contributed by atoms with Crippen LogP contribution in [-0.2, 0) is 0 Å². The van der Waals surface area contributed by atoms with E-state index in [-0.39, 0.29) is 5.41 Å². The van der Waals surface area contributed by atoms with Gasteiger partial charge in [0.25, 0.3) is 0 Å². The zero-order valence-corrected chi connectivity index (χ0v) is 12.5. The molecular weight excluding hydrogens is 222 g/mol. The average Bonchev–Trinajstić information content (AvgIpc) is 2.47. The van der Waals surface area contributed by atoms with Gasteiger partial charge in [-0.3, -0.25) is 0 Å². The molecule has 2 nitrogen and oxygen atoms in total. The van der Waals surface area contributed by atoms with Crippen molar-refractivity contribution in [1.29, 1.82) is 0 Å². The number of hydrogen-bond donors (Lipinski definition) is 2. The van der Waals surface area contributed by atoms with Crippen molar-refractivity contribution in [2.75, 3.05) is 13.2 Å². The Balaban J connectivity index is 2.70. The van der Waals surface area contributed by atoms with Crippen LogP contribution in [0.4, 0.5) is 0 Å². The van der Waals surface area contributed by atoms with Gasteiger partial charge in [-0.2, -0.15) is 0 Å². The molecular formula is C16H33NO. The molecule has 1 aliphatic rings. The minimum atomic E-state index is 0.135. The van der Waals surface area contributed by atoms with E-state index in [1.54, 1.807) is 0 Å². The lowest BCUT2D eigenvalue weighted by molar-refractivity contribution is 0.0854. The highest BCUT2D eigenvalue weighted by Gasteiger charge is 2.31. The van der Waals surface area contributed by atoms with Crippen LogP contribution in [0.25, 0.3) is 0 Å². The molecule has 0 aliphatic heterocycles. The second-order valence-electron chi connectivity index (χ2n) is 6.67. The third-order valence-corrected chi connectivity index (χ3v) is 4.87. The van der Waals surface area contributed by atoms with Crippen LogP contribution in [-0.4, -0.2) is 18.3 Å². The van der Waals surface area contributed by atoms with Gasteiger partial charge in [-0.25, -0.2) is 0 Å². The lowest BCUT2D eigenvalue weighted by Crippen LogP contribution is -2.31. The Bertz CT molecular complexity index is 219. The third-order valence-electron chi connectivity index (χ3n) is 4.87. The van der Waals surface area contributed by atoms with Crippen molar-refractivity contribution < 1.29 is 5.11 Å². The van der Waals surface area contributed by atoms with Crippen LogP contribution in [0.2, 0.25) is 0 Å². The number of hydrogen-bond acceptors (Lipinski definition) is 2. The van der Waals surface area contributed by atoms with Gasteiger partial charge in [0.15, 0.2) is 0 Å². The van der Waals surface area contributed by atoms with Crippen LogP contribution in [0.3, 0.4) is 0 Å². The van der Waals surface area contributed by atoms with E-state index in [0.717, 1.165) is 12.5 Å². The van der Waals surface area contributed by atoms with Gasteiger partial charge in [-0.1, -0.05) is 52.4 Å². The smallest absolute Gasteiger partial charge is 0.0484 e. The summed E-state index contributed by atoms with van der Waals surface area (Å²) in [5.41, 5.74) is 6.12. The largest absolute Gasteiger partial charge is 0.396 e. The fraction of sp³-hybridized carbons (Fsp3) is 1.00. The van der Waals surface area contributed by atoms with Crippen molar-refractivity contribution in [3.8, 4) is 0 Å². The summed E-state index contributed by atoms with van der Waals surface area (Å²) in [7, 11) is 0. The molecule has 0 aromatic heterocycles. The number of rotatable bonds is 5. The second kappa shape index (κ2) is 8.16. The Hall–Kier alpha value is -0.0800. The molecule has 2 heteroatoms. The maximum atomic E-state index is 9.73. The van der Waals surface area contributed by atoms with Gasteiger partial charge in [0.2, 0.25) is 0 Å². The molecule has 0 aromatic carbocycles. The summed E-state index contributed by atoms with van der Waals surface area (Å²) in [5, 5.41) is 9.73. The van der Waals surface area contributed by atoms with Crippen molar-refractivity contribution in [3.05, 3.63) is 0 Å². The molecule has 1 saturated carbocycles. The van der Waals surface area contributed by atoms with Gasteiger partial charge in [0.05, 0.1) is 0 Å². The van der Waals surface area contributed by atoms with Crippen LogP contribution in [0.15, 0.2) is 0 Å². The van der Waals surface area contributed by atoms with Crippen molar-refractivity contribution in [2.45, 2.75) is 71.6 Å². The number of nitrogens with two attached hydrogens (primary N) is 1. The first-order valence-corrected chi connectivity index (χ1v) is 7.96. The summed E-state index contributed by atoms with van der Waals surface area (Å²) in [6, 6.07) is 0. The molecule has 18 heavy (non-hydrogen) atoms. The fourth-order valence-corrected chi connectivity index (χ4v) is 3.61. The SMILES string of the molecule is CCCC(CN)C1CCCCCCC(C)(CO)C1. The molecule has 0 radical (unpaired) electrons. The number of aliphatic hydroxyl groups is 1. The Morgan fingerprint density at radius 1 is 1.28 bits per heavy atom. The molecule has 1 rings (SSSR count). The Morgan fingerprint density at radius 3 is 2.61 bits per heavy atom. The first-order chi connectivity index (χ1) is 8.65. The molecule has 1 fully saturated rings. The lowest BCUT2D eigenvalue weighted by atomic mass is 9.72. The van der Waals surface area contributed by atoms with Crippen LogP contribution < -0.4 is 5.73 Å².